The molecule has 210 valence electrons. The Kier molecular flexibility index (Phi) is 8.37. The molecule has 0 N–H and O–H groups in total. The molecule has 1 aromatic heterocycles. The molecule has 1 aliphatic rings. The van der Waals surface area contributed by atoms with Crippen molar-refractivity contribution in [2.45, 2.75) is 26.5 Å². The van der Waals surface area contributed by atoms with Crippen molar-refractivity contribution in [2.75, 3.05) is 13.7 Å². The number of para-hydroxylation sites is 1. The molecule has 0 aliphatic carbocycles. The Morgan fingerprint density at radius 2 is 1.85 bits per heavy atom. The highest BCUT2D eigenvalue weighted by Crippen LogP contribution is 2.33. The fraction of sp³-hybridized carbons (Fsp3) is 0.194. The number of nitrogens with zero attached hydrogens (tertiary/aromatic N) is 2. The van der Waals surface area contributed by atoms with E-state index in [4.69, 9.17) is 25.8 Å². The molecule has 0 bridgehead atoms. The van der Waals surface area contributed by atoms with Gasteiger partial charge in [-0.1, -0.05) is 59.3 Å². The first-order chi connectivity index (χ1) is 19.8. The van der Waals surface area contributed by atoms with Crippen molar-refractivity contribution in [2.24, 2.45) is 4.99 Å². The number of benzene rings is 3. The summed E-state index contributed by atoms with van der Waals surface area (Å²) in [6.45, 7) is 3.82. The molecule has 0 radical (unpaired) electrons. The van der Waals surface area contributed by atoms with E-state index in [-0.39, 0.29) is 24.3 Å². The predicted octanol–water partition coefficient (Wildman–Crippen LogP) is 5.18. The normalized spacial score (nSPS) is 14.9. The maximum Gasteiger partial charge on any atom is 0.338 e. The van der Waals surface area contributed by atoms with Gasteiger partial charge in [0.1, 0.15) is 12.4 Å². The molecule has 3 aromatic carbocycles. The number of aromatic nitrogens is 1. The summed E-state index contributed by atoms with van der Waals surface area (Å²) in [5.74, 6) is -0.0360. The second kappa shape index (κ2) is 12.1. The van der Waals surface area contributed by atoms with Crippen molar-refractivity contribution < 1.29 is 23.4 Å². The lowest BCUT2D eigenvalue weighted by atomic mass is 9.96. The van der Waals surface area contributed by atoms with Gasteiger partial charge in [-0.25, -0.2) is 14.2 Å². The molecule has 7 nitrogen and oxygen atoms in total. The van der Waals surface area contributed by atoms with Gasteiger partial charge in [0.25, 0.3) is 5.56 Å². The molecular formula is C31H26ClFN2O5S. The largest absolute Gasteiger partial charge is 0.493 e. The molecule has 0 unspecified atom stereocenters. The van der Waals surface area contributed by atoms with Gasteiger partial charge >= 0.3 is 5.97 Å². The zero-order chi connectivity index (χ0) is 29.1. The second-order valence-corrected chi connectivity index (χ2v) is 10.6. The minimum atomic E-state index is -0.834. The van der Waals surface area contributed by atoms with Crippen LogP contribution in [0.3, 0.4) is 0 Å². The quantitative estimate of drug-likeness (QED) is 0.264. The third-order valence-corrected chi connectivity index (χ3v) is 7.75. The van der Waals surface area contributed by atoms with Crippen molar-refractivity contribution in [1.29, 1.82) is 0 Å². The van der Waals surface area contributed by atoms with Crippen LogP contribution in [-0.2, 0) is 16.1 Å². The van der Waals surface area contributed by atoms with Crippen molar-refractivity contribution in [3.05, 3.63) is 125 Å². The van der Waals surface area contributed by atoms with E-state index in [9.17, 15) is 14.0 Å². The van der Waals surface area contributed by atoms with Crippen LogP contribution < -0.4 is 24.4 Å². The van der Waals surface area contributed by atoms with Crippen LogP contribution >= 0.6 is 22.9 Å². The fourth-order valence-electron chi connectivity index (χ4n) is 4.59. The van der Waals surface area contributed by atoms with E-state index >= 15 is 0 Å². The minimum Gasteiger partial charge on any atom is -0.493 e. The Labute approximate surface area is 244 Å². The molecule has 41 heavy (non-hydrogen) atoms. The third-order valence-electron chi connectivity index (χ3n) is 6.52. The van der Waals surface area contributed by atoms with E-state index in [1.807, 2.05) is 18.2 Å². The van der Waals surface area contributed by atoms with Gasteiger partial charge in [0.05, 0.1) is 35.6 Å². The number of halogens is 2. The highest BCUT2D eigenvalue weighted by Gasteiger charge is 2.33. The Bertz CT molecular complexity index is 1810. The van der Waals surface area contributed by atoms with Crippen LogP contribution in [-0.4, -0.2) is 24.3 Å². The number of ether oxygens (including phenoxy) is 3. The smallest absolute Gasteiger partial charge is 0.338 e. The first kappa shape index (κ1) is 28.3. The molecule has 5 rings (SSSR count). The number of hydrogen-bond donors (Lipinski definition) is 0. The zero-order valence-corrected chi connectivity index (χ0v) is 24.1. The van der Waals surface area contributed by atoms with Gasteiger partial charge in [-0.3, -0.25) is 9.36 Å². The van der Waals surface area contributed by atoms with Crippen molar-refractivity contribution in [3.63, 3.8) is 0 Å². The Morgan fingerprint density at radius 3 is 2.54 bits per heavy atom. The van der Waals surface area contributed by atoms with E-state index in [1.165, 1.54) is 28.0 Å². The van der Waals surface area contributed by atoms with Crippen molar-refractivity contribution >= 4 is 35.0 Å². The molecular weight excluding hydrogens is 567 g/mol. The fourth-order valence-corrected chi connectivity index (χ4v) is 5.75. The number of rotatable bonds is 8. The maximum atomic E-state index is 13.9. The number of methoxy groups -OCH3 is 1. The van der Waals surface area contributed by atoms with Gasteiger partial charge in [-0.15, -0.1) is 0 Å². The molecule has 2 heterocycles. The van der Waals surface area contributed by atoms with Crippen LogP contribution in [0.25, 0.3) is 6.08 Å². The van der Waals surface area contributed by atoms with E-state index < -0.39 is 17.8 Å². The summed E-state index contributed by atoms with van der Waals surface area (Å²) in [6.07, 6.45) is 1.72. The van der Waals surface area contributed by atoms with Gasteiger partial charge < -0.3 is 14.2 Å². The molecule has 4 aromatic rings. The van der Waals surface area contributed by atoms with Gasteiger partial charge in [0.2, 0.25) is 0 Å². The van der Waals surface area contributed by atoms with E-state index in [2.05, 4.69) is 4.99 Å². The van der Waals surface area contributed by atoms with E-state index in [0.29, 0.717) is 42.7 Å². The van der Waals surface area contributed by atoms with Crippen LogP contribution in [0, 0.1) is 5.82 Å². The highest BCUT2D eigenvalue weighted by atomic mass is 35.5. The molecule has 0 spiro atoms. The first-order valence-electron chi connectivity index (χ1n) is 12.8. The van der Waals surface area contributed by atoms with Crippen LogP contribution in [0.5, 0.6) is 11.5 Å². The van der Waals surface area contributed by atoms with Gasteiger partial charge in [-0.2, -0.15) is 0 Å². The van der Waals surface area contributed by atoms with Gasteiger partial charge in [0, 0.05) is 10.6 Å². The summed E-state index contributed by atoms with van der Waals surface area (Å²) in [5, 5.41) is 0.627. The number of esters is 1. The number of thiazole rings is 1. The number of allylic oxidation sites excluding steroid dienone is 1. The van der Waals surface area contributed by atoms with Gasteiger partial charge in [-0.05, 0) is 61.4 Å². The molecule has 1 atom stereocenters. The monoisotopic (exact) mass is 592 g/mol. The van der Waals surface area contributed by atoms with Crippen LogP contribution in [0.15, 0.2) is 87.8 Å². The Hall–Kier alpha value is -4.21. The molecule has 0 saturated carbocycles. The topological polar surface area (TPSA) is 79.1 Å². The van der Waals surface area contributed by atoms with Crippen LogP contribution in [0.4, 0.5) is 4.39 Å². The van der Waals surface area contributed by atoms with Crippen LogP contribution in [0.1, 0.15) is 36.6 Å². The molecule has 0 saturated heterocycles. The average molecular weight is 593 g/mol. The molecule has 0 amide bonds. The summed E-state index contributed by atoms with van der Waals surface area (Å²) >= 11 is 7.19. The second-order valence-electron chi connectivity index (χ2n) is 9.15. The van der Waals surface area contributed by atoms with Crippen molar-refractivity contribution in [1.82, 2.24) is 4.57 Å². The highest BCUT2D eigenvalue weighted by molar-refractivity contribution is 7.07. The number of fused-ring (bicyclic) bond motifs is 1. The summed E-state index contributed by atoms with van der Waals surface area (Å²) in [4.78, 5) is 32.0. The van der Waals surface area contributed by atoms with Gasteiger partial charge in [0.15, 0.2) is 16.3 Å². The molecule has 0 fully saturated rings. The Balaban J connectivity index is 1.63. The average Bonchev–Trinajstić information content (AvgIpc) is 3.26. The molecule has 1 aliphatic heterocycles. The number of carbonyl (C=O) groups is 1. The lowest BCUT2D eigenvalue weighted by molar-refractivity contribution is -0.139. The van der Waals surface area contributed by atoms with E-state index in [0.717, 1.165) is 5.56 Å². The number of carbonyl (C=O) groups excluding carboxylic acids is 1. The summed E-state index contributed by atoms with van der Waals surface area (Å²) < 4.78 is 32.6. The zero-order valence-electron chi connectivity index (χ0n) is 22.5. The number of hydrogen-bond acceptors (Lipinski definition) is 7. The Morgan fingerprint density at radius 1 is 1.12 bits per heavy atom. The lowest BCUT2D eigenvalue weighted by Crippen LogP contribution is -2.39. The summed E-state index contributed by atoms with van der Waals surface area (Å²) in [6, 6.07) is 17.6. The van der Waals surface area contributed by atoms with Crippen molar-refractivity contribution in [3.8, 4) is 11.5 Å². The standard InChI is InChI=1S/C31H26ClFN2O5S/c1-4-39-30(37)26-18(2)34-31-35(27(26)20-10-14-23(33)15-11-20)29(36)25(41-31)16-21-6-5-7-24(38-3)28(21)40-17-19-8-12-22(32)13-9-19/h5-16,27H,4,17H2,1-3H3/b25-16-/t27-/m0/s1. The van der Waals surface area contributed by atoms with Crippen LogP contribution in [0.2, 0.25) is 5.02 Å². The molecule has 10 heteroatoms. The summed E-state index contributed by atoms with van der Waals surface area (Å²) in [7, 11) is 1.55. The SMILES string of the molecule is CCOC(=O)C1=C(C)N=c2s/c(=C\c3cccc(OC)c3OCc3ccc(Cl)cc3)c(=O)n2[C@H]1c1ccc(F)cc1. The maximum absolute atomic E-state index is 13.9. The predicted molar refractivity (Wildman–Crippen MR) is 156 cm³/mol. The minimum absolute atomic E-state index is 0.158. The summed E-state index contributed by atoms with van der Waals surface area (Å²) in [5.41, 5.74) is 2.40. The van der Waals surface area contributed by atoms with E-state index in [1.54, 1.807) is 63.4 Å². The first-order valence-corrected chi connectivity index (χ1v) is 14.0. The lowest BCUT2D eigenvalue weighted by Gasteiger charge is -2.24. The third kappa shape index (κ3) is 5.82.